The molecule has 0 amide bonds. The fourth-order valence-electron chi connectivity index (χ4n) is 4.29. The summed E-state index contributed by atoms with van der Waals surface area (Å²) in [6.07, 6.45) is 32.3. The van der Waals surface area contributed by atoms with E-state index in [0.29, 0.717) is 12.8 Å². The summed E-state index contributed by atoms with van der Waals surface area (Å²) >= 11 is 0. The maximum Gasteiger partial charge on any atom is 0.306 e. The molecule has 5 nitrogen and oxygen atoms in total. The molecule has 0 radical (unpaired) electrons. The number of esters is 2. The number of carbonyl (C=O) groups is 2. The van der Waals surface area contributed by atoms with E-state index in [0.717, 1.165) is 51.4 Å². The Morgan fingerprint density at radius 3 is 1.61 bits per heavy atom. The third-order valence-electron chi connectivity index (χ3n) is 6.75. The van der Waals surface area contributed by atoms with Crippen LogP contribution in [0.25, 0.3) is 0 Å². The molecular weight excluding hydrogens is 476 g/mol. The first kappa shape index (κ1) is 36.4. The van der Waals surface area contributed by atoms with Gasteiger partial charge >= 0.3 is 11.9 Å². The molecule has 0 saturated carbocycles. The van der Waals surface area contributed by atoms with Gasteiger partial charge in [0.25, 0.3) is 0 Å². The average Bonchev–Trinajstić information content (AvgIpc) is 2.92. The Labute approximate surface area is 234 Å². The van der Waals surface area contributed by atoms with Crippen molar-refractivity contribution in [2.45, 2.75) is 161 Å². The SMILES string of the molecule is CCCCC/C=C/C/C=C/CCCCCCCC(=O)O[C@@H](CO)COC(=O)CCCCCCCCCCC. The molecule has 1 atom stereocenters. The molecule has 0 aromatic carbocycles. The molecule has 0 aliphatic heterocycles. The van der Waals surface area contributed by atoms with Crippen LogP contribution in [-0.2, 0) is 19.1 Å². The maximum atomic E-state index is 12.1. The lowest BCUT2D eigenvalue weighted by Gasteiger charge is -2.15. The second-order valence-corrected chi connectivity index (χ2v) is 10.5. The lowest BCUT2D eigenvalue weighted by molar-refractivity contribution is -0.161. The number of unbranched alkanes of at least 4 members (excludes halogenated alkanes) is 16. The molecule has 0 saturated heterocycles. The molecule has 0 aliphatic rings. The summed E-state index contributed by atoms with van der Waals surface area (Å²) in [6, 6.07) is 0. The summed E-state index contributed by atoms with van der Waals surface area (Å²) in [5.41, 5.74) is 0. The summed E-state index contributed by atoms with van der Waals surface area (Å²) in [4.78, 5) is 24.0. The zero-order valence-corrected chi connectivity index (χ0v) is 24.9. The zero-order chi connectivity index (χ0) is 27.9. The highest BCUT2D eigenvalue weighted by atomic mass is 16.6. The number of hydrogen-bond donors (Lipinski definition) is 1. The summed E-state index contributed by atoms with van der Waals surface area (Å²) in [5, 5.41) is 9.46. The van der Waals surface area contributed by atoms with Gasteiger partial charge in [-0.2, -0.15) is 0 Å². The number of ether oxygens (including phenoxy) is 2. The average molecular weight is 537 g/mol. The van der Waals surface area contributed by atoms with E-state index < -0.39 is 6.10 Å². The normalized spacial score (nSPS) is 12.4. The minimum absolute atomic E-state index is 0.0688. The predicted octanol–water partition coefficient (Wildman–Crippen LogP) is 9.17. The molecule has 38 heavy (non-hydrogen) atoms. The van der Waals surface area contributed by atoms with Gasteiger partial charge in [-0.05, 0) is 44.9 Å². The number of rotatable bonds is 28. The maximum absolute atomic E-state index is 12.1. The lowest BCUT2D eigenvalue weighted by Crippen LogP contribution is -2.28. The van der Waals surface area contributed by atoms with Gasteiger partial charge in [0.05, 0.1) is 6.61 Å². The van der Waals surface area contributed by atoms with Gasteiger partial charge in [0.1, 0.15) is 6.61 Å². The molecule has 5 heteroatoms. The van der Waals surface area contributed by atoms with Gasteiger partial charge in [0.2, 0.25) is 0 Å². The standard InChI is InChI=1S/C33H60O5/c1-3-5-7-9-11-13-14-15-16-17-18-20-22-24-26-28-33(36)38-31(29-34)30-37-32(35)27-25-23-21-19-12-10-8-6-4-2/h11,13,15-16,31,34H,3-10,12,14,17-30H2,1-2H3/b13-11+,16-15+/t31-/m0/s1. The van der Waals surface area contributed by atoms with Crippen molar-refractivity contribution in [3.63, 3.8) is 0 Å². The van der Waals surface area contributed by atoms with E-state index in [1.807, 2.05) is 0 Å². The fourth-order valence-corrected chi connectivity index (χ4v) is 4.29. The van der Waals surface area contributed by atoms with Crippen molar-refractivity contribution in [1.29, 1.82) is 0 Å². The highest BCUT2D eigenvalue weighted by molar-refractivity contribution is 5.70. The van der Waals surface area contributed by atoms with Crippen LogP contribution < -0.4 is 0 Å². The van der Waals surface area contributed by atoms with E-state index in [4.69, 9.17) is 9.47 Å². The van der Waals surface area contributed by atoms with E-state index in [1.54, 1.807) is 0 Å². The molecule has 1 N–H and O–H groups in total. The van der Waals surface area contributed by atoms with Gasteiger partial charge in [-0.3, -0.25) is 9.59 Å². The van der Waals surface area contributed by atoms with Crippen LogP contribution in [-0.4, -0.2) is 36.4 Å². The summed E-state index contributed by atoms with van der Waals surface area (Å²) < 4.78 is 10.5. The minimum Gasteiger partial charge on any atom is -0.462 e. The zero-order valence-electron chi connectivity index (χ0n) is 24.9. The van der Waals surface area contributed by atoms with Gasteiger partial charge in [0, 0.05) is 12.8 Å². The highest BCUT2D eigenvalue weighted by Crippen LogP contribution is 2.12. The van der Waals surface area contributed by atoms with Crippen LogP contribution in [0.1, 0.15) is 155 Å². The van der Waals surface area contributed by atoms with Crippen LogP contribution in [0.4, 0.5) is 0 Å². The molecule has 0 bridgehead atoms. The fraction of sp³-hybridized carbons (Fsp3) is 0.818. The molecule has 0 unspecified atom stereocenters. The van der Waals surface area contributed by atoms with Crippen LogP contribution in [0, 0.1) is 0 Å². The van der Waals surface area contributed by atoms with Crippen LogP contribution >= 0.6 is 0 Å². The van der Waals surface area contributed by atoms with E-state index in [9.17, 15) is 14.7 Å². The predicted molar refractivity (Wildman–Crippen MR) is 159 cm³/mol. The van der Waals surface area contributed by atoms with Crippen LogP contribution in [0.15, 0.2) is 24.3 Å². The van der Waals surface area contributed by atoms with Crippen molar-refractivity contribution in [3.8, 4) is 0 Å². The van der Waals surface area contributed by atoms with Gasteiger partial charge in [-0.1, -0.05) is 122 Å². The van der Waals surface area contributed by atoms with E-state index in [-0.39, 0.29) is 25.2 Å². The minimum atomic E-state index is -0.771. The summed E-state index contributed by atoms with van der Waals surface area (Å²) in [6.45, 7) is 4.06. The monoisotopic (exact) mass is 536 g/mol. The quantitative estimate of drug-likeness (QED) is 0.0613. The number of carbonyl (C=O) groups excluding carboxylic acids is 2. The molecule has 0 rings (SSSR count). The Kier molecular flexibility index (Phi) is 28.7. The Morgan fingerprint density at radius 1 is 0.605 bits per heavy atom. The summed E-state index contributed by atoms with van der Waals surface area (Å²) in [5.74, 6) is -0.610. The molecule has 0 spiro atoms. The van der Waals surface area contributed by atoms with Crippen LogP contribution in [0.2, 0.25) is 0 Å². The van der Waals surface area contributed by atoms with Crippen molar-refractivity contribution in [2.24, 2.45) is 0 Å². The number of allylic oxidation sites excluding steroid dienone is 4. The van der Waals surface area contributed by atoms with Crippen molar-refractivity contribution in [3.05, 3.63) is 24.3 Å². The Hall–Kier alpha value is -1.62. The van der Waals surface area contributed by atoms with Crippen molar-refractivity contribution in [2.75, 3.05) is 13.2 Å². The molecule has 0 aromatic rings. The van der Waals surface area contributed by atoms with E-state index >= 15 is 0 Å². The number of aliphatic hydroxyl groups is 1. The first-order chi connectivity index (χ1) is 18.6. The second-order valence-electron chi connectivity index (χ2n) is 10.5. The molecule has 0 heterocycles. The third-order valence-corrected chi connectivity index (χ3v) is 6.75. The molecule has 0 aliphatic carbocycles. The topological polar surface area (TPSA) is 72.8 Å². The lowest BCUT2D eigenvalue weighted by atomic mass is 10.1. The number of hydrogen-bond acceptors (Lipinski definition) is 5. The highest BCUT2D eigenvalue weighted by Gasteiger charge is 2.16. The number of aliphatic hydroxyl groups excluding tert-OH is 1. The van der Waals surface area contributed by atoms with Crippen molar-refractivity contribution in [1.82, 2.24) is 0 Å². The first-order valence-corrected chi connectivity index (χ1v) is 15.9. The Balaban J connectivity index is 3.62. The first-order valence-electron chi connectivity index (χ1n) is 15.9. The van der Waals surface area contributed by atoms with Crippen molar-refractivity contribution < 1.29 is 24.2 Å². The van der Waals surface area contributed by atoms with Gasteiger partial charge in [-0.25, -0.2) is 0 Å². The largest absolute Gasteiger partial charge is 0.462 e. The molecule has 0 fully saturated rings. The summed E-state index contributed by atoms with van der Waals surface area (Å²) in [7, 11) is 0. The van der Waals surface area contributed by atoms with Gasteiger partial charge in [0.15, 0.2) is 6.10 Å². The molecule has 0 aromatic heterocycles. The Morgan fingerprint density at radius 2 is 1.05 bits per heavy atom. The van der Waals surface area contributed by atoms with Crippen molar-refractivity contribution >= 4 is 11.9 Å². The smallest absolute Gasteiger partial charge is 0.306 e. The van der Waals surface area contributed by atoms with E-state index in [2.05, 4.69) is 38.2 Å². The van der Waals surface area contributed by atoms with E-state index in [1.165, 1.54) is 77.0 Å². The third kappa shape index (κ3) is 27.4. The molecule has 222 valence electrons. The van der Waals surface area contributed by atoms with Gasteiger partial charge < -0.3 is 14.6 Å². The Bertz CT molecular complexity index is 584. The molecular formula is C33H60O5. The van der Waals surface area contributed by atoms with Crippen LogP contribution in [0.5, 0.6) is 0 Å². The van der Waals surface area contributed by atoms with Crippen LogP contribution in [0.3, 0.4) is 0 Å². The van der Waals surface area contributed by atoms with Gasteiger partial charge in [-0.15, -0.1) is 0 Å². The second kappa shape index (κ2) is 29.9.